The Labute approximate surface area is 139 Å². The lowest BCUT2D eigenvalue weighted by atomic mass is 10.0. The van der Waals surface area contributed by atoms with Crippen molar-refractivity contribution in [2.45, 2.75) is 19.3 Å². The van der Waals surface area contributed by atoms with E-state index < -0.39 is 30.3 Å². The Morgan fingerprint density at radius 3 is 2.75 bits per heavy atom. The molecule has 24 heavy (non-hydrogen) atoms. The van der Waals surface area contributed by atoms with Crippen molar-refractivity contribution in [3.63, 3.8) is 0 Å². The zero-order valence-corrected chi connectivity index (χ0v) is 13.4. The molecule has 3 unspecified atom stereocenters. The van der Waals surface area contributed by atoms with Crippen LogP contribution in [0, 0.1) is 5.92 Å². The second kappa shape index (κ2) is 6.64. The summed E-state index contributed by atoms with van der Waals surface area (Å²) in [6.45, 7) is 2.61. The molecular weight excluding hydrogens is 317 g/mol. The third kappa shape index (κ3) is 3.01. The lowest BCUT2D eigenvalue weighted by molar-refractivity contribution is -0.123. The maximum Gasteiger partial charge on any atom is 0.414 e. The van der Waals surface area contributed by atoms with Crippen LogP contribution in [0.15, 0.2) is 24.3 Å². The fraction of sp³-hybridized carbons (Fsp3) is 0.500. The molecule has 3 atom stereocenters. The van der Waals surface area contributed by atoms with E-state index in [0.29, 0.717) is 24.5 Å². The molecule has 1 aromatic rings. The normalized spacial score (nSPS) is 25.5. The number of alkyl halides is 1. The van der Waals surface area contributed by atoms with Gasteiger partial charge in [0, 0.05) is 6.54 Å². The van der Waals surface area contributed by atoms with Gasteiger partial charge in [-0.2, -0.15) is 0 Å². The first-order valence-electron chi connectivity index (χ1n) is 7.84. The molecule has 2 N–H and O–H groups in total. The molecule has 7 nitrogen and oxygen atoms in total. The number of cyclic esters (lactones) is 1. The van der Waals surface area contributed by atoms with Gasteiger partial charge in [0.15, 0.2) is 6.30 Å². The average molecular weight is 337 g/mol. The molecule has 2 heterocycles. The lowest BCUT2D eigenvalue weighted by Crippen LogP contribution is -2.43. The van der Waals surface area contributed by atoms with Gasteiger partial charge in [-0.1, -0.05) is 12.1 Å². The Hall–Kier alpha value is -2.35. The van der Waals surface area contributed by atoms with E-state index in [1.165, 1.54) is 4.90 Å². The number of nitrogens with two attached hydrogens (primary N) is 1. The van der Waals surface area contributed by atoms with E-state index in [9.17, 15) is 14.0 Å². The van der Waals surface area contributed by atoms with Gasteiger partial charge in [0.1, 0.15) is 6.10 Å². The molecule has 1 aromatic carbocycles. The van der Waals surface area contributed by atoms with Gasteiger partial charge in [-0.15, -0.1) is 0 Å². The highest BCUT2D eigenvalue weighted by Gasteiger charge is 2.39. The summed E-state index contributed by atoms with van der Waals surface area (Å²) in [6, 6.07) is 7.04. The molecule has 8 heteroatoms. The third-order valence-electron chi connectivity index (χ3n) is 4.39. The molecule has 0 aliphatic carbocycles. The number of morpholine rings is 1. The van der Waals surface area contributed by atoms with Crippen LogP contribution in [0.5, 0.6) is 0 Å². The number of para-hydroxylation sites is 2. The Balaban J connectivity index is 1.87. The lowest BCUT2D eigenvalue weighted by Gasteiger charge is -2.34. The third-order valence-corrected chi connectivity index (χ3v) is 4.39. The van der Waals surface area contributed by atoms with Gasteiger partial charge in [-0.05, 0) is 19.1 Å². The molecule has 0 radical (unpaired) electrons. The molecule has 0 spiro atoms. The summed E-state index contributed by atoms with van der Waals surface area (Å²) in [5.74, 6) is -1.12. The number of primary amides is 1. The van der Waals surface area contributed by atoms with Crippen LogP contribution in [0.25, 0.3) is 0 Å². The summed E-state index contributed by atoms with van der Waals surface area (Å²) in [5, 5.41) is 0. The highest BCUT2D eigenvalue weighted by Crippen LogP contribution is 2.35. The van der Waals surface area contributed by atoms with Gasteiger partial charge < -0.3 is 20.1 Å². The molecule has 0 aromatic heterocycles. The number of rotatable bonds is 4. The van der Waals surface area contributed by atoms with Gasteiger partial charge in [0.25, 0.3) is 0 Å². The maximum absolute atomic E-state index is 14.2. The predicted molar refractivity (Wildman–Crippen MR) is 85.5 cm³/mol. The summed E-state index contributed by atoms with van der Waals surface area (Å²) >= 11 is 0. The molecule has 3 rings (SSSR count). The number of hydrogen-bond donors (Lipinski definition) is 1. The van der Waals surface area contributed by atoms with Gasteiger partial charge in [0.2, 0.25) is 5.91 Å². The molecule has 2 saturated heterocycles. The van der Waals surface area contributed by atoms with Gasteiger partial charge in [-0.3, -0.25) is 9.69 Å². The molecule has 0 bridgehead atoms. The van der Waals surface area contributed by atoms with Crippen molar-refractivity contribution >= 4 is 23.4 Å². The Morgan fingerprint density at radius 1 is 1.38 bits per heavy atom. The highest BCUT2D eigenvalue weighted by molar-refractivity contribution is 5.94. The minimum Gasteiger partial charge on any atom is -0.443 e. The average Bonchev–Trinajstić information content (AvgIpc) is 2.96. The summed E-state index contributed by atoms with van der Waals surface area (Å²) in [4.78, 5) is 26.6. The molecule has 2 amide bonds. The van der Waals surface area contributed by atoms with Gasteiger partial charge in [0.05, 0.1) is 37.1 Å². The van der Waals surface area contributed by atoms with E-state index in [1.807, 2.05) is 0 Å². The van der Waals surface area contributed by atoms with Crippen molar-refractivity contribution in [3.8, 4) is 0 Å². The zero-order chi connectivity index (χ0) is 17.3. The number of carbonyl (C=O) groups is 2. The minimum absolute atomic E-state index is 0.0138. The van der Waals surface area contributed by atoms with Crippen molar-refractivity contribution in [1.82, 2.24) is 0 Å². The molecule has 2 aliphatic rings. The van der Waals surface area contributed by atoms with Crippen LogP contribution < -0.4 is 15.5 Å². The summed E-state index contributed by atoms with van der Waals surface area (Å²) in [6.07, 6.45) is -2.46. The SMILES string of the molecule is CC(C(N)=O)C1CN(c2ccccc2N2CCOCC2F)C(=O)O1. The first-order valence-corrected chi connectivity index (χ1v) is 7.84. The maximum atomic E-state index is 14.2. The summed E-state index contributed by atoms with van der Waals surface area (Å²) in [7, 11) is 0. The molecular formula is C16H20FN3O4. The monoisotopic (exact) mass is 337 g/mol. The quantitative estimate of drug-likeness (QED) is 0.836. The van der Waals surface area contributed by atoms with Crippen LogP contribution in [0.2, 0.25) is 0 Å². The van der Waals surface area contributed by atoms with E-state index in [4.69, 9.17) is 15.2 Å². The van der Waals surface area contributed by atoms with Crippen molar-refractivity contribution in [2.24, 2.45) is 11.7 Å². The number of benzene rings is 1. The topological polar surface area (TPSA) is 85.1 Å². The van der Waals surface area contributed by atoms with Crippen LogP contribution in [0.1, 0.15) is 6.92 Å². The van der Waals surface area contributed by atoms with Crippen molar-refractivity contribution < 1.29 is 23.5 Å². The Bertz CT molecular complexity index is 642. The van der Waals surface area contributed by atoms with Gasteiger partial charge in [-0.25, -0.2) is 9.18 Å². The number of anilines is 2. The number of nitrogens with zero attached hydrogens (tertiary/aromatic N) is 2. The van der Waals surface area contributed by atoms with Crippen LogP contribution in [0.3, 0.4) is 0 Å². The first kappa shape index (κ1) is 16.5. The Kier molecular flexibility index (Phi) is 4.57. The van der Waals surface area contributed by atoms with Crippen LogP contribution >= 0.6 is 0 Å². The second-order valence-electron chi connectivity index (χ2n) is 5.92. The molecule has 2 aliphatic heterocycles. The largest absolute Gasteiger partial charge is 0.443 e. The van der Waals surface area contributed by atoms with Gasteiger partial charge >= 0.3 is 6.09 Å². The predicted octanol–water partition coefficient (Wildman–Crippen LogP) is 1.27. The first-order chi connectivity index (χ1) is 11.5. The van der Waals surface area contributed by atoms with Crippen LogP contribution in [-0.2, 0) is 14.3 Å². The van der Waals surface area contributed by atoms with E-state index >= 15 is 0 Å². The minimum atomic E-state index is -1.28. The number of amides is 2. The van der Waals surface area contributed by atoms with Crippen LogP contribution in [-0.4, -0.2) is 50.7 Å². The molecule has 2 fully saturated rings. The van der Waals surface area contributed by atoms with E-state index in [-0.39, 0.29) is 13.2 Å². The number of hydrogen-bond acceptors (Lipinski definition) is 5. The van der Waals surface area contributed by atoms with E-state index in [1.54, 1.807) is 36.1 Å². The fourth-order valence-corrected chi connectivity index (χ4v) is 2.91. The standard InChI is InChI=1S/C16H20FN3O4/c1-10(15(18)21)13-8-20(16(22)24-13)12-5-3-2-4-11(12)19-6-7-23-9-14(19)17/h2-5,10,13-14H,6-9H2,1H3,(H2,18,21). The highest BCUT2D eigenvalue weighted by atomic mass is 19.1. The smallest absolute Gasteiger partial charge is 0.414 e. The number of ether oxygens (including phenoxy) is 2. The van der Waals surface area contributed by atoms with E-state index in [2.05, 4.69) is 0 Å². The van der Waals surface area contributed by atoms with Crippen LogP contribution in [0.4, 0.5) is 20.6 Å². The molecule has 130 valence electrons. The van der Waals surface area contributed by atoms with Crippen molar-refractivity contribution in [3.05, 3.63) is 24.3 Å². The Morgan fingerprint density at radius 2 is 2.08 bits per heavy atom. The molecule has 0 saturated carbocycles. The van der Waals surface area contributed by atoms with E-state index in [0.717, 1.165) is 0 Å². The fourth-order valence-electron chi connectivity index (χ4n) is 2.91. The van der Waals surface area contributed by atoms with Crippen molar-refractivity contribution in [2.75, 3.05) is 36.1 Å². The summed E-state index contributed by atoms with van der Waals surface area (Å²) in [5.41, 5.74) is 6.43. The zero-order valence-electron chi connectivity index (χ0n) is 13.4. The second-order valence-corrected chi connectivity index (χ2v) is 5.92. The van der Waals surface area contributed by atoms with Crippen molar-refractivity contribution in [1.29, 1.82) is 0 Å². The number of carbonyl (C=O) groups excluding carboxylic acids is 2. The number of halogens is 1. The summed E-state index contributed by atoms with van der Waals surface area (Å²) < 4.78 is 24.6.